The molecule has 82 valence electrons. The van der Waals surface area contributed by atoms with Crippen LogP contribution in [0.15, 0.2) is 0 Å². The van der Waals surface area contributed by atoms with Crippen molar-refractivity contribution in [3.05, 3.63) is 0 Å². The van der Waals surface area contributed by atoms with Crippen LogP contribution in [0, 0.1) is 0 Å². The first-order valence-electron chi connectivity index (χ1n) is 4.79. The Morgan fingerprint density at radius 3 is 3.07 bits per heavy atom. The van der Waals surface area contributed by atoms with Gasteiger partial charge in [0.1, 0.15) is 0 Å². The van der Waals surface area contributed by atoms with Crippen molar-refractivity contribution < 1.29 is 14.6 Å². The van der Waals surface area contributed by atoms with Gasteiger partial charge in [-0.1, -0.05) is 0 Å². The van der Waals surface area contributed by atoms with E-state index >= 15 is 0 Å². The van der Waals surface area contributed by atoms with E-state index in [4.69, 9.17) is 9.84 Å². The maximum absolute atomic E-state index is 11.6. The van der Waals surface area contributed by atoms with Crippen LogP contribution in [0.2, 0.25) is 0 Å². The summed E-state index contributed by atoms with van der Waals surface area (Å²) in [5.74, 6) is 1.09. The molecule has 2 atom stereocenters. The number of hydrogen-bond acceptors (Lipinski definition) is 4. The third-order valence-corrected chi connectivity index (χ3v) is 3.53. The summed E-state index contributed by atoms with van der Waals surface area (Å²) in [6.07, 6.45) is 2.05. The summed E-state index contributed by atoms with van der Waals surface area (Å²) in [5.41, 5.74) is 0. The van der Waals surface area contributed by atoms with Crippen LogP contribution in [0.4, 0.5) is 0 Å². The highest BCUT2D eigenvalue weighted by Crippen LogP contribution is 2.26. The first-order chi connectivity index (χ1) is 6.77. The van der Waals surface area contributed by atoms with Crippen LogP contribution in [0.5, 0.6) is 0 Å². The first-order valence-corrected chi connectivity index (χ1v) is 5.84. The number of rotatable bonds is 5. The van der Waals surface area contributed by atoms with Gasteiger partial charge in [0.2, 0.25) is 5.91 Å². The number of amides is 1. The summed E-state index contributed by atoms with van der Waals surface area (Å²) in [5, 5.41) is 11.8. The SMILES string of the molecule is COCC(CO)NC(=O)C1CCCS1. The standard InChI is InChI=1S/C9H17NO3S/c1-13-6-7(5-11)10-9(12)8-3-2-4-14-8/h7-8,11H,2-6H2,1H3,(H,10,12). The highest BCUT2D eigenvalue weighted by atomic mass is 32.2. The second-order valence-corrected chi connectivity index (χ2v) is 4.66. The molecule has 0 aromatic heterocycles. The minimum Gasteiger partial charge on any atom is -0.394 e. The van der Waals surface area contributed by atoms with E-state index < -0.39 is 0 Å². The fraction of sp³-hybridized carbons (Fsp3) is 0.889. The molecule has 0 bridgehead atoms. The average Bonchev–Trinajstić information content (AvgIpc) is 2.69. The van der Waals surface area contributed by atoms with Crippen LogP contribution in [0.1, 0.15) is 12.8 Å². The van der Waals surface area contributed by atoms with Crippen molar-refractivity contribution in [3.63, 3.8) is 0 Å². The maximum Gasteiger partial charge on any atom is 0.233 e. The molecule has 4 nitrogen and oxygen atoms in total. The van der Waals surface area contributed by atoms with E-state index in [0.717, 1.165) is 18.6 Å². The smallest absolute Gasteiger partial charge is 0.233 e. The predicted octanol–water partition coefficient (Wildman–Crippen LogP) is 0.00550. The fourth-order valence-corrected chi connectivity index (χ4v) is 2.59. The Morgan fingerprint density at radius 2 is 2.57 bits per heavy atom. The summed E-state index contributed by atoms with van der Waals surface area (Å²) < 4.78 is 4.88. The first kappa shape index (κ1) is 11.8. The number of ether oxygens (including phenoxy) is 1. The van der Waals surface area contributed by atoms with Crippen molar-refractivity contribution in [2.24, 2.45) is 0 Å². The van der Waals surface area contributed by atoms with Crippen LogP contribution < -0.4 is 5.32 Å². The van der Waals surface area contributed by atoms with Gasteiger partial charge in [-0.2, -0.15) is 0 Å². The number of aliphatic hydroxyl groups excluding tert-OH is 1. The van der Waals surface area contributed by atoms with E-state index in [9.17, 15) is 4.79 Å². The van der Waals surface area contributed by atoms with Gasteiger partial charge in [-0.25, -0.2) is 0 Å². The predicted molar refractivity (Wildman–Crippen MR) is 56.4 cm³/mol. The van der Waals surface area contributed by atoms with Gasteiger partial charge in [0, 0.05) is 7.11 Å². The molecule has 0 saturated carbocycles. The van der Waals surface area contributed by atoms with E-state index in [0.29, 0.717) is 6.61 Å². The molecule has 0 aromatic rings. The van der Waals surface area contributed by atoms with Crippen molar-refractivity contribution >= 4 is 17.7 Å². The zero-order valence-electron chi connectivity index (χ0n) is 8.36. The molecule has 5 heteroatoms. The highest BCUT2D eigenvalue weighted by Gasteiger charge is 2.24. The molecule has 0 radical (unpaired) electrons. The molecule has 0 spiro atoms. The number of carbonyl (C=O) groups is 1. The second-order valence-electron chi connectivity index (χ2n) is 3.35. The number of nitrogens with one attached hydrogen (secondary N) is 1. The number of carbonyl (C=O) groups excluding carboxylic acids is 1. The molecule has 1 heterocycles. The summed E-state index contributed by atoms with van der Waals surface area (Å²) in [6.45, 7) is 0.288. The van der Waals surface area contributed by atoms with Crippen molar-refractivity contribution in [3.8, 4) is 0 Å². The number of hydrogen-bond donors (Lipinski definition) is 2. The molecule has 2 unspecified atom stereocenters. The lowest BCUT2D eigenvalue weighted by Gasteiger charge is -2.17. The molecule has 1 rings (SSSR count). The Kier molecular flexibility index (Phi) is 5.29. The van der Waals surface area contributed by atoms with Gasteiger partial charge in [0.15, 0.2) is 0 Å². The van der Waals surface area contributed by atoms with Crippen LogP contribution in [0.3, 0.4) is 0 Å². The number of aliphatic hydroxyl groups is 1. The molecule has 0 aliphatic carbocycles. The second kappa shape index (κ2) is 6.27. The van der Waals surface area contributed by atoms with E-state index in [1.165, 1.54) is 0 Å². The van der Waals surface area contributed by atoms with E-state index in [1.807, 2.05) is 0 Å². The van der Waals surface area contributed by atoms with Gasteiger partial charge >= 0.3 is 0 Å². The molecular weight excluding hydrogens is 202 g/mol. The van der Waals surface area contributed by atoms with E-state index in [-0.39, 0.29) is 23.8 Å². The van der Waals surface area contributed by atoms with E-state index in [2.05, 4.69) is 5.32 Å². The van der Waals surface area contributed by atoms with Crippen molar-refractivity contribution in [2.75, 3.05) is 26.1 Å². The van der Waals surface area contributed by atoms with Crippen LogP contribution in [0.25, 0.3) is 0 Å². The van der Waals surface area contributed by atoms with Crippen LogP contribution in [-0.4, -0.2) is 48.4 Å². The van der Waals surface area contributed by atoms with Crippen molar-refractivity contribution in [1.82, 2.24) is 5.32 Å². The zero-order valence-corrected chi connectivity index (χ0v) is 9.18. The Morgan fingerprint density at radius 1 is 1.79 bits per heavy atom. The molecule has 1 fully saturated rings. The highest BCUT2D eigenvalue weighted by molar-refractivity contribution is 8.00. The normalized spacial score (nSPS) is 23.4. The van der Waals surface area contributed by atoms with Gasteiger partial charge in [0.05, 0.1) is 24.5 Å². The van der Waals surface area contributed by atoms with Crippen molar-refractivity contribution in [2.45, 2.75) is 24.1 Å². The maximum atomic E-state index is 11.6. The van der Waals surface area contributed by atoms with Crippen LogP contribution in [-0.2, 0) is 9.53 Å². The lowest BCUT2D eigenvalue weighted by molar-refractivity contribution is -0.122. The molecule has 2 N–H and O–H groups in total. The molecule has 1 aliphatic rings. The third kappa shape index (κ3) is 3.48. The number of methoxy groups -OCH3 is 1. The lowest BCUT2D eigenvalue weighted by atomic mass is 10.2. The summed E-state index contributed by atoms with van der Waals surface area (Å²) in [7, 11) is 1.55. The molecule has 1 amide bonds. The van der Waals surface area contributed by atoms with Gasteiger partial charge in [0.25, 0.3) is 0 Å². The molecular formula is C9H17NO3S. The monoisotopic (exact) mass is 219 g/mol. The van der Waals surface area contributed by atoms with Gasteiger partial charge in [-0.3, -0.25) is 4.79 Å². The van der Waals surface area contributed by atoms with Gasteiger partial charge < -0.3 is 15.2 Å². The Hall–Kier alpha value is -0.260. The largest absolute Gasteiger partial charge is 0.394 e. The Bertz CT molecular complexity index is 183. The zero-order chi connectivity index (χ0) is 10.4. The molecule has 1 aliphatic heterocycles. The molecule has 14 heavy (non-hydrogen) atoms. The van der Waals surface area contributed by atoms with Gasteiger partial charge in [-0.15, -0.1) is 11.8 Å². The number of thioether (sulfide) groups is 1. The topological polar surface area (TPSA) is 58.6 Å². The van der Waals surface area contributed by atoms with Crippen molar-refractivity contribution in [1.29, 1.82) is 0 Å². The Balaban J connectivity index is 2.29. The third-order valence-electron chi connectivity index (χ3n) is 2.16. The van der Waals surface area contributed by atoms with E-state index in [1.54, 1.807) is 18.9 Å². The summed E-state index contributed by atoms with van der Waals surface area (Å²) in [6, 6.07) is -0.270. The van der Waals surface area contributed by atoms with Gasteiger partial charge in [-0.05, 0) is 18.6 Å². The minimum absolute atomic E-state index is 0.0311. The molecule has 1 saturated heterocycles. The quantitative estimate of drug-likeness (QED) is 0.683. The summed E-state index contributed by atoms with van der Waals surface area (Å²) >= 11 is 1.69. The minimum atomic E-state index is -0.270. The molecule has 0 aromatic carbocycles. The summed E-state index contributed by atoms with van der Waals surface area (Å²) in [4.78, 5) is 11.6. The van der Waals surface area contributed by atoms with Crippen LogP contribution >= 0.6 is 11.8 Å². The fourth-order valence-electron chi connectivity index (χ4n) is 1.42. The Labute approximate surface area is 88.4 Å². The lowest BCUT2D eigenvalue weighted by Crippen LogP contribution is -2.44. The average molecular weight is 219 g/mol.